The molecule has 0 saturated heterocycles. The van der Waals surface area contributed by atoms with Crippen molar-refractivity contribution in [3.63, 3.8) is 0 Å². The van der Waals surface area contributed by atoms with Crippen LogP contribution in [0, 0.1) is 5.82 Å². The molecular weight excluding hydrogens is 223 g/mol. The maximum atomic E-state index is 12.8. The lowest BCUT2D eigenvalue weighted by atomic mass is 10.1. The molecule has 0 aliphatic heterocycles. The second kappa shape index (κ2) is 4.65. The summed E-state index contributed by atoms with van der Waals surface area (Å²) in [7, 11) is 0. The van der Waals surface area contributed by atoms with Gasteiger partial charge in [-0.1, -0.05) is 0 Å². The molecule has 2 aromatic rings. The van der Waals surface area contributed by atoms with E-state index in [9.17, 15) is 9.18 Å². The Bertz CT molecular complexity index is 524. The second-order valence-corrected chi connectivity index (χ2v) is 3.45. The van der Waals surface area contributed by atoms with Gasteiger partial charge in [-0.3, -0.25) is 4.79 Å². The third-order valence-electron chi connectivity index (χ3n) is 2.23. The number of benzene rings is 1. The van der Waals surface area contributed by atoms with Crippen molar-refractivity contribution in [3.8, 4) is 0 Å². The zero-order valence-electron chi connectivity index (χ0n) is 8.90. The van der Waals surface area contributed by atoms with Crippen LogP contribution in [0.1, 0.15) is 16.2 Å². The summed E-state index contributed by atoms with van der Waals surface area (Å²) in [6.45, 7) is 0.267. The first-order valence-electron chi connectivity index (χ1n) is 4.98. The average molecular weight is 234 g/mol. The Balaban J connectivity index is 2.04. The van der Waals surface area contributed by atoms with Crippen molar-refractivity contribution < 1.29 is 9.18 Å². The molecule has 0 atom stereocenters. The van der Waals surface area contributed by atoms with E-state index in [2.05, 4.69) is 15.3 Å². The molecule has 0 saturated carbocycles. The van der Waals surface area contributed by atoms with Crippen molar-refractivity contribution in [1.82, 2.24) is 15.3 Å². The number of amides is 1. The number of aromatic amines is 1. The van der Waals surface area contributed by atoms with Crippen LogP contribution in [-0.2, 0) is 6.54 Å². The monoisotopic (exact) mass is 234 g/mol. The number of H-pyrrole nitrogens is 1. The highest BCUT2D eigenvalue weighted by Gasteiger charge is 2.10. The molecule has 1 aromatic heterocycles. The van der Waals surface area contributed by atoms with Gasteiger partial charge in [0, 0.05) is 18.1 Å². The van der Waals surface area contributed by atoms with Gasteiger partial charge in [-0.2, -0.15) is 0 Å². The minimum atomic E-state index is -0.468. The van der Waals surface area contributed by atoms with Crippen molar-refractivity contribution in [2.75, 3.05) is 5.73 Å². The molecule has 2 rings (SSSR count). The van der Waals surface area contributed by atoms with Gasteiger partial charge in [-0.05, 0) is 18.2 Å². The number of hydrogen-bond donors (Lipinski definition) is 3. The van der Waals surface area contributed by atoms with E-state index in [0.717, 1.165) is 6.07 Å². The largest absolute Gasteiger partial charge is 0.398 e. The van der Waals surface area contributed by atoms with Gasteiger partial charge < -0.3 is 16.0 Å². The van der Waals surface area contributed by atoms with Crippen molar-refractivity contribution in [1.29, 1.82) is 0 Å². The van der Waals surface area contributed by atoms with Crippen LogP contribution in [0.4, 0.5) is 10.1 Å². The third kappa shape index (κ3) is 2.60. The minimum absolute atomic E-state index is 0.113. The molecule has 1 heterocycles. The predicted molar refractivity (Wildman–Crippen MR) is 60.6 cm³/mol. The summed E-state index contributed by atoms with van der Waals surface area (Å²) in [5.41, 5.74) is 5.91. The molecule has 4 N–H and O–H groups in total. The summed E-state index contributed by atoms with van der Waals surface area (Å²) in [6.07, 6.45) is 3.25. The van der Waals surface area contributed by atoms with Gasteiger partial charge in [0.25, 0.3) is 5.91 Å². The van der Waals surface area contributed by atoms with Gasteiger partial charge in [-0.15, -0.1) is 0 Å². The predicted octanol–water partition coefficient (Wildman–Crippen LogP) is 1.06. The number of aromatic nitrogens is 2. The van der Waals surface area contributed by atoms with Gasteiger partial charge in [0.1, 0.15) is 11.6 Å². The van der Waals surface area contributed by atoms with Crippen LogP contribution >= 0.6 is 0 Å². The van der Waals surface area contributed by atoms with Gasteiger partial charge in [0.15, 0.2) is 0 Å². The lowest BCUT2D eigenvalue weighted by Gasteiger charge is -2.06. The molecule has 1 amide bonds. The number of rotatable bonds is 3. The highest BCUT2D eigenvalue weighted by Crippen LogP contribution is 2.13. The zero-order valence-corrected chi connectivity index (χ0v) is 8.90. The van der Waals surface area contributed by atoms with E-state index >= 15 is 0 Å². The summed E-state index contributed by atoms with van der Waals surface area (Å²) in [5, 5.41) is 2.63. The number of nitrogen functional groups attached to an aromatic ring is 1. The SMILES string of the molecule is Nc1cc(F)ccc1C(=O)NCc1ncc[nH]1. The molecule has 0 unspecified atom stereocenters. The summed E-state index contributed by atoms with van der Waals surface area (Å²) >= 11 is 0. The quantitative estimate of drug-likeness (QED) is 0.694. The van der Waals surface area contributed by atoms with E-state index in [4.69, 9.17) is 5.73 Å². The highest BCUT2D eigenvalue weighted by molar-refractivity contribution is 5.98. The number of carbonyl (C=O) groups excluding carboxylic acids is 1. The fourth-order valence-electron chi connectivity index (χ4n) is 1.39. The molecule has 0 bridgehead atoms. The van der Waals surface area contributed by atoms with Crippen LogP contribution in [0.25, 0.3) is 0 Å². The Hall–Kier alpha value is -2.37. The molecule has 1 aromatic carbocycles. The minimum Gasteiger partial charge on any atom is -0.398 e. The number of imidazole rings is 1. The van der Waals surface area contributed by atoms with Crippen LogP contribution < -0.4 is 11.1 Å². The average Bonchev–Trinajstić information content (AvgIpc) is 2.78. The molecule has 5 nitrogen and oxygen atoms in total. The van der Waals surface area contributed by atoms with E-state index in [1.54, 1.807) is 12.4 Å². The Morgan fingerprint density at radius 2 is 2.35 bits per heavy atom. The molecule has 17 heavy (non-hydrogen) atoms. The van der Waals surface area contributed by atoms with Crippen molar-refractivity contribution in [3.05, 3.63) is 47.8 Å². The van der Waals surface area contributed by atoms with Gasteiger partial charge in [0.05, 0.1) is 12.1 Å². The van der Waals surface area contributed by atoms with E-state index in [1.165, 1.54) is 12.1 Å². The lowest BCUT2D eigenvalue weighted by Crippen LogP contribution is -2.24. The number of nitrogens with two attached hydrogens (primary N) is 1. The topological polar surface area (TPSA) is 83.8 Å². The van der Waals surface area contributed by atoms with Crippen LogP contribution in [0.2, 0.25) is 0 Å². The smallest absolute Gasteiger partial charge is 0.253 e. The van der Waals surface area contributed by atoms with Crippen LogP contribution in [0.5, 0.6) is 0 Å². The molecule has 88 valence electrons. The standard InChI is InChI=1S/C11H11FN4O/c12-7-1-2-8(9(13)5-7)11(17)16-6-10-14-3-4-15-10/h1-5H,6,13H2,(H,14,15)(H,16,17). The number of hydrogen-bond acceptors (Lipinski definition) is 3. The summed E-state index contributed by atoms with van der Waals surface area (Å²) in [6, 6.07) is 3.65. The summed E-state index contributed by atoms with van der Waals surface area (Å²) in [5.74, 6) is -0.192. The number of nitrogens with one attached hydrogen (secondary N) is 2. The maximum absolute atomic E-state index is 12.8. The Morgan fingerprint density at radius 3 is 3.00 bits per heavy atom. The van der Waals surface area contributed by atoms with Crippen molar-refractivity contribution in [2.45, 2.75) is 6.54 Å². The Labute approximate surface area is 96.9 Å². The second-order valence-electron chi connectivity index (χ2n) is 3.45. The maximum Gasteiger partial charge on any atom is 0.253 e. The van der Waals surface area contributed by atoms with E-state index in [-0.39, 0.29) is 23.7 Å². The van der Waals surface area contributed by atoms with Crippen molar-refractivity contribution >= 4 is 11.6 Å². The normalized spacial score (nSPS) is 10.2. The van der Waals surface area contributed by atoms with Crippen LogP contribution in [0.15, 0.2) is 30.6 Å². The molecule has 0 aliphatic carbocycles. The fraction of sp³-hybridized carbons (Fsp3) is 0.0909. The number of nitrogens with zero attached hydrogens (tertiary/aromatic N) is 1. The lowest BCUT2D eigenvalue weighted by molar-refractivity contribution is 0.0951. The fourth-order valence-corrected chi connectivity index (χ4v) is 1.39. The van der Waals surface area contributed by atoms with E-state index < -0.39 is 5.82 Å². The highest BCUT2D eigenvalue weighted by atomic mass is 19.1. The number of halogens is 1. The van der Waals surface area contributed by atoms with E-state index in [0.29, 0.717) is 5.82 Å². The van der Waals surface area contributed by atoms with Crippen LogP contribution in [0.3, 0.4) is 0 Å². The van der Waals surface area contributed by atoms with E-state index in [1.807, 2.05) is 0 Å². The Morgan fingerprint density at radius 1 is 1.53 bits per heavy atom. The van der Waals surface area contributed by atoms with Gasteiger partial charge in [-0.25, -0.2) is 9.37 Å². The van der Waals surface area contributed by atoms with Crippen molar-refractivity contribution in [2.24, 2.45) is 0 Å². The molecule has 0 fully saturated rings. The first-order chi connectivity index (χ1) is 8.16. The summed E-state index contributed by atoms with van der Waals surface area (Å²) < 4.78 is 12.8. The molecule has 6 heteroatoms. The van der Waals surface area contributed by atoms with Gasteiger partial charge >= 0.3 is 0 Å². The molecule has 0 radical (unpaired) electrons. The molecule has 0 spiro atoms. The first kappa shape index (κ1) is 11.1. The molecular formula is C11H11FN4O. The third-order valence-corrected chi connectivity index (χ3v) is 2.23. The summed E-state index contributed by atoms with van der Waals surface area (Å²) in [4.78, 5) is 18.5. The zero-order chi connectivity index (χ0) is 12.3. The number of anilines is 1. The van der Waals surface area contributed by atoms with Crippen LogP contribution in [-0.4, -0.2) is 15.9 Å². The number of carbonyl (C=O) groups is 1. The van der Waals surface area contributed by atoms with Gasteiger partial charge in [0.2, 0.25) is 0 Å². The first-order valence-corrected chi connectivity index (χ1v) is 4.98. The molecule has 0 aliphatic rings. The Kier molecular flexibility index (Phi) is 3.04.